The van der Waals surface area contributed by atoms with Crippen molar-refractivity contribution in [3.05, 3.63) is 28.5 Å². The zero-order chi connectivity index (χ0) is 14.9. The molecule has 0 aliphatic carbocycles. The van der Waals surface area contributed by atoms with Gasteiger partial charge in [0.05, 0.1) is 5.69 Å². The van der Waals surface area contributed by atoms with Crippen LogP contribution in [0.15, 0.2) is 11.4 Å². The molecule has 7 nitrogen and oxygen atoms in total. The lowest BCUT2D eigenvalue weighted by Gasteiger charge is -2.17. The van der Waals surface area contributed by atoms with Crippen LogP contribution in [0.25, 0.3) is 0 Å². The van der Waals surface area contributed by atoms with Crippen LogP contribution in [0.4, 0.5) is 5.13 Å². The highest BCUT2D eigenvalue weighted by Gasteiger charge is 2.23. The Morgan fingerprint density at radius 1 is 1.50 bits per heavy atom. The minimum atomic E-state index is -1.16. The number of anilines is 1. The topological polar surface area (TPSA) is 88.3 Å². The molecule has 0 bridgehead atoms. The first-order valence-electron chi connectivity index (χ1n) is 5.95. The van der Waals surface area contributed by atoms with Gasteiger partial charge in [-0.1, -0.05) is 0 Å². The third-order valence-corrected chi connectivity index (χ3v) is 3.70. The molecule has 0 aromatic carbocycles. The zero-order valence-electron chi connectivity index (χ0n) is 11.3. The lowest BCUT2D eigenvalue weighted by atomic mass is 10.3. The van der Waals surface area contributed by atoms with Gasteiger partial charge in [-0.2, -0.15) is 5.10 Å². The summed E-state index contributed by atoms with van der Waals surface area (Å²) in [6.07, 6.45) is 0. The maximum atomic E-state index is 12.5. The van der Waals surface area contributed by atoms with Crippen LogP contribution < -0.4 is 4.90 Å². The fraction of sp³-hybridized carbons (Fsp3) is 0.333. The molecule has 0 saturated carbocycles. The average molecular weight is 294 g/mol. The smallest absolute Gasteiger partial charge is 0.356 e. The van der Waals surface area contributed by atoms with E-state index in [9.17, 15) is 9.59 Å². The summed E-state index contributed by atoms with van der Waals surface area (Å²) >= 11 is 1.37. The Kier molecular flexibility index (Phi) is 3.84. The van der Waals surface area contributed by atoms with Crippen molar-refractivity contribution in [3.8, 4) is 0 Å². The summed E-state index contributed by atoms with van der Waals surface area (Å²) in [5.74, 6) is -1.47. The Hall–Kier alpha value is -2.22. The summed E-state index contributed by atoms with van der Waals surface area (Å²) in [5, 5.41) is 15.2. The Bertz CT molecular complexity index is 661. The summed E-state index contributed by atoms with van der Waals surface area (Å²) in [7, 11) is 1.54. The van der Waals surface area contributed by atoms with Gasteiger partial charge in [0.2, 0.25) is 0 Å². The van der Waals surface area contributed by atoms with Crippen LogP contribution in [0.1, 0.15) is 33.6 Å². The summed E-state index contributed by atoms with van der Waals surface area (Å²) < 4.78 is 1.27. The van der Waals surface area contributed by atoms with Gasteiger partial charge in [-0.3, -0.25) is 14.4 Å². The molecule has 0 radical (unpaired) electrons. The van der Waals surface area contributed by atoms with Crippen LogP contribution in [-0.2, 0) is 7.05 Å². The molecule has 2 aromatic heterocycles. The van der Waals surface area contributed by atoms with Gasteiger partial charge < -0.3 is 5.11 Å². The molecule has 1 amide bonds. The van der Waals surface area contributed by atoms with Gasteiger partial charge in [-0.15, -0.1) is 11.3 Å². The summed E-state index contributed by atoms with van der Waals surface area (Å²) in [5.41, 5.74) is 0.909. The Morgan fingerprint density at radius 2 is 2.20 bits per heavy atom. The van der Waals surface area contributed by atoms with Gasteiger partial charge in [-0.05, 0) is 13.8 Å². The van der Waals surface area contributed by atoms with E-state index in [0.29, 0.717) is 11.7 Å². The van der Waals surface area contributed by atoms with Crippen LogP contribution in [0.5, 0.6) is 0 Å². The Labute approximate surface area is 119 Å². The molecule has 1 N–H and O–H groups in total. The molecule has 0 aliphatic rings. The number of carbonyl (C=O) groups is 2. The van der Waals surface area contributed by atoms with Gasteiger partial charge in [0.15, 0.2) is 10.8 Å². The number of hydrogen-bond donors (Lipinski definition) is 1. The number of nitrogens with zero attached hydrogens (tertiary/aromatic N) is 4. The van der Waals surface area contributed by atoms with E-state index in [1.54, 1.807) is 7.05 Å². The van der Waals surface area contributed by atoms with Crippen LogP contribution in [0.3, 0.4) is 0 Å². The number of hydrogen-bond acceptors (Lipinski definition) is 5. The first kappa shape index (κ1) is 14.2. The van der Waals surface area contributed by atoms with Crippen LogP contribution in [-0.4, -0.2) is 38.3 Å². The molecule has 0 spiro atoms. The number of amides is 1. The monoisotopic (exact) mass is 294 g/mol. The minimum Gasteiger partial charge on any atom is -0.476 e. The van der Waals surface area contributed by atoms with E-state index >= 15 is 0 Å². The van der Waals surface area contributed by atoms with E-state index in [0.717, 1.165) is 5.69 Å². The normalized spacial score (nSPS) is 10.6. The van der Waals surface area contributed by atoms with Gasteiger partial charge >= 0.3 is 5.97 Å². The number of carboxylic acid groups (broad SMARTS) is 1. The Morgan fingerprint density at radius 3 is 2.65 bits per heavy atom. The third-order valence-electron chi connectivity index (χ3n) is 2.72. The number of aromatic nitrogens is 3. The Balaban J connectivity index is 2.36. The van der Waals surface area contributed by atoms with Crippen molar-refractivity contribution in [2.45, 2.75) is 13.8 Å². The maximum Gasteiger partial charge on any atom is 0.356 e. The van der Waals surface area contributed by atoms with Crippen LogP contribution >= 0.6 is 11.3 Å². The number of aryl methyl sites for hydroxylation is 2. The van der Waals surface area contributed by atoms with E-state index in [1.165, 1.54) is 27.0 Å². The maximum absolute atomic E-state index is 12.5. The second-order valence-electron chi connectivity index (χ2n) is 4.16. The van der Waals surface area contributed by atoms with Crippen molar-refractivity contribution in [3.63, 3.8) is 0 Å². The second kappa shape index (κ2) is 5.41. The van der Waals surface area contributed by atoms with Gasteiger partial charge in [0, 0.05) is 25.0 Å². The molecule has 0 saturated heterocycles. The molecule has 2 aromatic rings. The first-order valence-corrected chi connectivity index (χ1v) is 6.83. The molecular formula is C12H14N4O3S. The van der Waals surface area contributed by atoms with E-state index in [-0.39, 0.29) is 17.3 Å². The fourth-order valence-corrected chi connectivity index (χ4v) is 2.61. The van der Waals surface area contributed by atoms with Crippen molar-refractivity contribution in [1.29, 1.82) is 0 Å². The highest BCUT2D eigenvalue weighted by Crippen LogP contribution is 2.22. The van der Waals surface area contributed by atoms with Crippen LogP contribution in [0.2, 0.25) is 0 Å². The average Bonchev–Trinajstić information content (AvgIpc) is 2.97. The molecule has 0 aliphatic heterocycles. The summed E-state index contributed by atoms with van der Waals surface area (Å²) in [4.78, 5) is 29.1. The molecule has 0 fully saturated rings. The molecule has 2 heterocycles. The number of aromatic carboxylic acids is 1. The predicted molar refractivity (Wildman–Crippen MR) is 74.4 cm³/mol. The molecular weight excluding hydrogens is 280 g/mol. The highest BCUT2D eigenvalue weighted by molar-refractivity contribution is 7.14. The van der Waals surface area contributed by atoms with Gasteiger partial charge in [0.1, 0.15) is 5.69 Å². The van der Waals surface area contributed by atoms with Gasteiger partial charge in [0.25, 0.3) is 5.91 Å². The lowest BCUT2D eigenvalue weighted by Crippen LogP contribution is -2.32. The largest absolute Gasteiger partial charge is 0.476 e. The number of carbonyl (C=O) groups excluding carboxylic acids is 1. The fourth-order valence-electron chi connectivity index (χ4n) is 1.74. The van der Waals surface area contributed by atoms with Crippen molar-refractivity contribution in [1.82, 2.24) is 14.8 Å². The lowest BCUT2D eigenvalue weighted by molar-refractivity contribution is 0.0689. The molecule has 2 rings (SSSR count). The van der Waals surface area contributed by atoms with Crippen molar-refractivity contribution in [2.75, 3.05) is 11.4 Å². The SMILES string of the molecule is CCN(C(=O)c1cc(C(=O)O)nn1C)c1nc(C)cs1. The molecule has 106 valence electrons. The van der Waals surface area contributed by atoms with Gasteiger partial charge in [-0.25, -0.2) is 9.78 Å². The standard InChI is InChI=1S/C12H14N4O3S/c1-4-16(12-13-7(2)6-20-12)10(17)9-5-8(11(18)19)14-15(9)3/h5-6H,4H2,1-3H3,(H,18,19). The van der Waals surface area contributed by atoms with Crippen molar-refractivity contribution >= 4 is 28.3 Å². The minimum absolute atomic E-state index is 0.151. The van der Waals surface area contributed by atoms with E-state index < -0.39 is 5.97 Å². The van der Waals surface area contributed by atoms with E-state index in [2.05, 4.69) is 10.1 Å². The van der Waals surface area contributed by atoms with Crippen molar-refractivity contribution < 1.29 is 14.7 Å². The zero-order valence-corrected chi connectivity index (χ0v) is 12.1. The molecule has 20 heavy (non-hydrogen) atoms. The highest BCUT2D eigenvalue weighted by atomic mass is 32.1. The van der Waals surface area contributed by atoms with E-state index in [4.69, 9.17) is 5.11 Å². The quantitative estimate of drug-likeness (QED) is 0.924. The number of thiazole rings is 1. The third kappa shape index (κ3) is 2.55. The number of carboxylic acids is 1. The first-order chi connectivity index (χ1) is 9.43. The molecule has 0 unspecified atom stereocenters. The summed E-state index contributed by atoms with van der Waals surface area (Å²) in [6.45, 7) is 4.13. The predicted octanol–water partition coefficient (Wildman–Crippen LogP) is 1.55. The van der Waals surface area contributed by atoms with E-state index in [1.807, 2.05) is 19.2 Å². The molecule has 8 heteroatoms. The van der Waals surface area contributed by atoms with Crippen molar-refractivity contribution in [2.24, 2.45) is 7.05 Å². The molecule has 0 atom stereocenters. The van der Waals surface area contributed by atoms with Crippen LogP contribution in [0, 0.1) is 6.92 Å². The number of rotatable bonds is 4. The second-order valence-corrected chi connectivity index (χ2v) is 5.00. The summed E-state index contributed by atoms with van der Waals surface area (Å²) in [6, 6.07) is 1.27.